The standard InChI is InChI=1S/C57H76N12O9S2/c1-33(58-3)46(71)62-44(37-23-13-7-14-24-37)56(77)68-29-17-27-40(68)48(73)66-52-42(35-19-9-5-10-20-35)64-54(79-52)50(75)60-31-39(70)32-61-51(76)55-65-43(36-21-11-6-12-22-36)53(80-55)67-49(74)41-28-18-30-69(41)57(78)45(38-25-15-8-16-26-38)63-47(72)34(2)59-4/h5-6,9-12,19-22,33-34,37-41,44-45,58-59,70H,7-8,13-18,23-32H2,1-4H3,(H,60,75)(H,61,76)(H,62,71)(H,63,72)(H,66,73)(H,67,74)/t33-,34-,40-,41-,44-,45-/m0/s1. The number of nitrogens with one attached hydrogen (secondary N) is 8. The molecule has 4 aliphatic rings. The molecule has 21 nitrogen and oxygen atoms in total. The van der Waals surface area contributed by atoms with Gasteiger partial charge in [-0.15, -0.1) is 0 Å². The molecular formula is C57H76N12O9S2. The molecule has 0 radical (unpaired) electrons. The maximum absolute atomic E-state index is 14.4. The maximum atomic E-state index is 14.4. The molecule has 2 aliphatic carbocycles. The topological polar surface area (TPSA) is 285 Å². The molecule has 9 N–H and O–H groups in total. The number of thiazole rings is 2. The molecule has 80 heavy (non-hydrogen) atoms. The van der Waals surface area contributed by atoms with Crippen LogP contribution in [0.25, 0.3) is 22.5 Å². The Morgan fingerprint density at radius 3 is 1.29 bits per heavy atom. The van der Waals surface area contributed by atoms with E-state index in [-0.39, 0.29) is 58.6 Å². The molecule has 0 unspecified atom stereocenters. The van der Waals surface area contributed by atoms with Crippen LogP contribution in [0.4, 0.5) is 10.0 Å². The first kappa shape index (κ1) is 59.5. The number of anilines is 2. The molecule has 6 atom stereocenters. The Bertz CT molecular complexity index is 2630. The van der Waals surface area contributed by atoms with Crippen LogP contribution in [0.5, 0.6) is 0 Å². The van der Waals surface area contributed by atoms with E-state index in [1.807, 2.05) is 12.1 Å². The molecule has 8 amide bonds. The lowest BCUT2D eigenvalue weighted by atomic mass is 9.83. The zero-order valence-electron chi connectivity index (χ0n) is 46.0. The highest BCUT2D eigenvalue weighted by Crippen LogP contribution is 2.37. The van der Waals surface area contributed by atoms with E-state index >= 15 is 0 Å². The Kier molecular flexibility index (Phi) is 20.9. The summed E-state index contributed by atoms with van der Waals surface area (Å²) < 4.78 is 0. The summed E-state index contributed by atoms with van der Waals surface area (Å²) in [5.41, 5.74) is 1.96. The zero-order valence-corrected chi connectivity index (χ0v) is 47.6. The molecular weight excluding hydrogens is 1060 g/mol. The van der Waals surface area contributed by atoms with E-state index < -0.39 is 66.0 Å². The van der Waals surface area contributed by atoms with Crippen molar-refractivity contribution < 1.29 is 43.5 Å². The van der Waals surface area contributed by atoms with E-state index in [9.17, 15) is 43.5 Å². The number of aliphatic hydroxyl groups is 1. The Balaban J connectivity index is 0.901. The Morgan fingerprint density at radius 2 is 0.925 bits per heavy atom. The summed E-state index contributed by atoms with van der Waals surface area (Å²) in [4.78, 5) is 123. The Morgan fingerprint density at radius 1 is 0.550 bits per heavy atom. The number of likely N-dealkylation sites (N-methyl/N-ethyl adjacent to an activating group) is 2. The minimum Gasteiger partial charge on any atom is -0.389 e. The van der Waals surface area contributed by atoms with Gasteiger partial charge in [0, 0.05) is 37.3 Å². The first-order chi connectivity index (χ1) is 38.6. The van der Waals surface area contributed by atoms with Gasteiger partial charge in [0.1, 0.15) is 45.6 Å². The predicted octanol–water partition coefficient (Wildman–Crippen LogP) is 4.66. The van der Waals surface area contributed by atoms with Crippen molar-refractivity contribution in [1.29, 1.82) is 0 Å². The predicted molar refractivity (Wildman–Crippen MR) is 307 cm³/mol. The Hall–Kier alpha value is -6.66. The SMILES string of the molecule is CN[C@@H](C)C(=O)N[C@H](C(=O)N1CCC[C@H]1C(=O)Nc1sc(C(=O)NCC(O)CNC(=O)c2nc(-c3ccccc3)c(NC(=O)[C@@H]3CCCN3C(=O)[C@@H](NC(=O)[C@H](C)NC)C3CCCCC3)s2)nc1-c1ccccc1)C1CCCCC1. The van der Waals surface area contributed by atoms with Gasteiger partial charge in [0.25, 0.3) is 11.8 Å². The molecule has 430 valence electrons. The average Bonchev–Trinajstić information content (AvgIpc) is 4.40. The number of likely N-dealkylation sites (tertiary alicyclic amines) is 2. The zero-order chi connectivity index (χ0) is 56.9. The molecule has 4 aromatic rings. The molecule has 4 fully saturated rings. The lowest BCUT2D eigenvalue weighted by molar-refractivity contribution is -0.142. The first-order valence-electron chi connectivity index (χ1n) is 28.2. The van der Waals surface area contributed by atoms with Crippen LogP contribution in [0.1, 0.15) is 123 Å². The van der Waals surface area contributed by atoms with Gasteiger partial charge in [-0.05, 0) is 91.1 Å². The van der Waals surface area contributed by atoms with Gasteiger partial charge in [-0.3, -0.25) is 38.4 Å². The van der Waals surface area contributed by atoms with Crippen LogP contribution >= 0.6 is 22.7 Å². The molecule has 23 heteroatoms. The summed E-state index contributed by atoms with van der Waals surface area (Å²) in [7, 11) is 3.37. The highest BCUT2D eigenvalue weighted by molar-refractivity contribution is 7.18. The van der Waals surface area contributed by atoms with Gasteiger partial charge >= 0.3 is 0 Å². The second-order valence-corrected chi connectivity index (χ2v) is 23.3. The van der Waals surface area contributed by atoms with Crippen molar-refractivity contribution in [1.82, 2.24) is 51.7 Å². The van der Waals surface area contributed by atoms with Crippen molar-refractivity contribution in [2.45, 2.75) is 146 Å². The normalized spacial score (nSPS) is 19.4. The fourth-order valence-corrected chi connectivity index (χ4v) is 12.9. The maximum Gasteiger partial charge on any atom is 0.280 e. The third kappa shape index (κ3) is 14.6. The monoisotopic (exact) mass is 1140 g/mol. The first-order valence-corrected chi connectivity index (χ1v) is 29.8. The van der Waals surface area contributed by atoms with Gasteiger partial charge in [0.2, 0.25) is 35.4 Å². The van der Waals surface area contributed by atoms with Gasteiger partial charge in [0.05, 0.1) is 18.2 Å². The third-order valence-electron chi connectivity index (χ3n) is 15.9. The summed E-state index contributed by atoms with van der Waals surface area (Å²) in [5, 5.41) is 34.9. The largest absolute Gasteiger partial charge is 0.389 e. The van der Waals surface area contributed by atoms with Gasteiger partial charge in [-0.2, -0.15) is 0 Å². The van der Waals surface area contributed by atoms with E-state index in [0.717, 1.165) is 86.9 Å². The fraction of sp³-hybridized carbons (Fsp3) is 0.544. The van der Waals surface area contributed by atoms with E-state index in [0.29, 0.717) is 71.3 Å². The van der Waals surface area contributed by atoms with E-state index in [4.69, 9.17) is 0 Å². The summed E-state index contributed by atoms with van der Waals surface area (Å²) in [6.45, 7) is 3.61. The van der Waals surface area contributed by atoms with Crippen LogP contribution in [-0.2, 0) is 28.8 Å². The molecule has 0 spiro atoms. The van der Waals surface area contributed by atoms with Crippen molar-refractivity contribution >= 4 is 79.9 Å². The van der Waals surface area contributed by atoms with Crippen molar-refractivity contribution in [2.75, 3.05) is 50.9 Å². The lowest BCUT2D eigenvalue weighted by Crippen LogP contribution is -2.57. The summed E-state index contributed by atoms with van der Waals surface area (Å²) >= 11 is 1.90. The third-order valence-corrected chi connectivity index (χ3v) is 17.8. The molecule has 2 aromatic carbocycles. The van der Waals surface area contributed by atoms with Crippen LogP contribution in [0.2, 0.25) is 0 Å². The smallest absolute Gasteiger partial charge is 0.280 e. The lowest BCUT2D eigenvalue weighted by Gasteiger charge is -2.35. The summed E-state index contributed by atoms with van der Waals surface area (Å²) in [6, 6.07) is 13.9. The number of carbonyl (C=O) groups excluding carboxylic acids is 8. The molecule has 2 saturated carbocycles. The number of hydrogen-bond acceptors (Lipinski definition) is 15. The van der Waals surface area contributed by atoms with Gasteiger partial charge in [-0.1, -0.05) is 122 Å². The van der Waals surface area contributed by atoms with Crippen LogP contribution < -0.4 is 42.5 Å². The number of aliphatic hydroxyl groups excluding tert-OH is 1. The number of rotatable bonds is 22. The van der Waals surface area contributed by atoms with Gasteiger partial charge in [0.15, 0.2) is 10.0 Å². The number of nitrogens with zero attached hydrogens (tertiary/aromatic N) is 4. The summed E-state index contributed by atoms with van der Waals surface area (Å²) in [6.07, 6.45) is 9.93. The van der Waals surface area contributed by atoms with Crippen molar-refractivity contribution in [3.8, 4) is 22.5 Å². The van der Waals surface area contributed by atoms with Crippen LogP contribution in [0.15, 0.2) is 60.7 Å². The van der Waals surface area contributed by atoms with Crippen LogP contribution in [-0.4, -0.2) is 155 Å². The van der Waals surface area contributed by atoms with Gasteiger partial charge < -0.3 is 57.4 Å². The van der Waals surface area contributed by atoms with Crippen molar-refractivity contribution in [2.24, 2.45) is 11.8 Å². The minimum absolute atomic E-state index is 0.000619. The van der Waals surface area contributed by atoms with E-state index in [2.05, 4.69) is 52.5 Å². The van der Waals surface area contributed by atoms with Gasteiger partial charge in [-0.25, -0.2) is 9.97 Å². The molecule has 8 rings (SSSR count). The number of hydrogen-bond donors (Lipinski definition) is 9. The molecule has 2 aliphatic heterocycles. The highest BCUT2D eigenvalue weighted by atomic mass is 32.1. The van der Waals surface area contributed by atoms with Crippen LogP contribution in [0, 0.1) is 11.8 Å². The Labute approximate surface area is 475 Å². The molecule has 2 saturated heterocycles. The van der Waals surface area contributed by atoms with E-state index in [1.165, 1.54) is 0 Å². The van der Waals surface area contributed by atoms with Crippen molar-refractivity contribution in [3.63, 3.8) is 0 Å². The van der Waals surface area contributed by atoms with Crippen molar-refractivity contribution in [3.05, 3.63) is 70.7 Å². The molecule has 0 bridgehead atoms. The number of aromatic nitrogens is 2. The minimum atomic E-state index is -1.26. The second kappa shape index (κ2) is 28.2. The molecule has 4 heterocycles. The fourth-order valence-electron chi connectivity index (χ4n) is 11.1. The second-order valence-electron chi connectivity index (χ2n) is 21.3. The average molecular weight is 1140 g/mol. The number of amides is 8. The molecule has 2 aromatic heterocycles. The van der Waals surface area contributed by atoms with Crippen LogP contribution in [0.3, 0.4) is 0 Å². The van der Waals surface area contributed by atoms with E-state index in [1.54, 1.807) is 86.3 Å². The quantitative estimate of drug-likeness (QED) is 0.0519. The highest BCUT2D eigenvalue weighted by Gasteiger charge is 2.43. The number of benzene rings is 2. The summed E-state index contributed by atoms with van der Waals surface area (Å²) in [5.74, 6) is -3.37. The number of carbonyl (C=O) groups is 8.